The summed E-state index contributed by atoms with van der Waals surface area (Å²) >= 11 is 5.96. The Balaban J connectivity index is 1.14. The smallest absolute Gasteiger partial charge is 0.303 e. The molecule has 0 amide bonds. The van der Waals surface area contributed by atoms with Crippen LogP contribution in [0.2, 0.25) is 5.02 Å². The molecule has 1 atom stereocenters. The van der Waals surface area contributed by atoms with Gasteiger partial charge in [0.2, 0.25) is 0 Å². The third-order valence-electron chi connectivity index (χ3n) is 8.80. The number of halogens is 2. The standard InChI is InChI=1S/C33H33ClFN3O4/c1-32(26-7-6-24(34)16-27(26)35)41-29-4-2-3-25(31(29)42-32)22-9-13-38(14-10-22)19-28-23(17-33(20-36)11-12-33)15-21(18-37-28)5-8-30(39)40/h2-4,6-7,15-16,18,22H,5,8-14,17,19H2,1H3,(H,39,40)/t32-/m1/s1. The fourth-order valence-corrected chi connectivity index (χ4v) is 6.32. The van der Waals surface area contributed by atoms with Crippen LogP contribution in [0.3, 0.4) is 0 Å². The number of carbonyl (C=O) groups is 1. The van der Waals surface area contributed by atoms with Gasteiger partial charge in [0, 0.05) is 36.7 Å². The van der Waals surface area contributed by atoms with E-state index in [2.05, 4.69) is 23.1 Å². The Kier molecular flexibility index (Phi) is 7.59. The zero-order chi connectivity index (χ0) is 29.5. The van der Waals surface area contributed by atoms with Crippen molar-refractivity contribution in [2.24, 2.45) is 5.41 Å². The van der Waals surface area contributed by atoms with Gasteiger partial charge in [0.05, 0.1) is 22.7 Å². The predicted molar refractivity (Wildman–Crippen MR) is 155 cm³/mol. The molecule has 0 radical (unpaired) electrons. The number of benzene rings is 2. The molecule has 1 aliphatic carbocycles. The minimum absolute atomic E-state index is 0.0586. The second-order valence-electron chi connectivity index (χ2n) is 11.9. The molecule has 0 bridgehead atoms. The highest BCUT2D eigenvalue weighted by atomic mass is 35.5. The number of carboxylic acids is 1. The van der Waals surface area contributed by atoms with Gasteiger partial charge in [0.1, 0.15) is 5.82 Å². The minimum Gasteiger partial charge on any atom is -0.481 e. The highest BCUT2D eigenvalue weighted by Crippen LogP contribution is 2.50. The quantitative estimate of drug-likeness (QED) is 0.294. The average Bonchev–Trinajstić information content (AvgIpc) is 3.65. The molecule has 9 heteroatoms. The number of aliphatic carboxylic acids is 1. The molecule has 2 aliphatic heterocycles. The maximum atomic E-state index is 14.8. The van der Waals surface area contributed by atoms with Crippen LogP contribution in [0.25, 0.3) is 0 Å². The Morgan fingerprint density at radius 3 is 2.69 bits per heavy atom. The summed E-state index contributed by atoms with van der Waals surface area (Å²) in [4.78, 5) is 18.2. The minimum atomic E-state index is -1.28. The Bertz CT molecular complexity index is 1560. The van der Waals surface area contributed by atoms with E-state index < -0.39 is 17.6 Å². The first kappa shape index (κ1) is 28.4. The number of pyridine rings is 1. The molecule has 2 aromatic carbocycles. The monoisotopic (exact) mass is 589 g/mol. The van der Waals surface area contributed by atoms with Crippen LogP contribution >= 0.6 is 11.6 Å². The van der Waals surface area contributed by atoms with Gasteiger partial charge in [-0.25, -0.2) is 4.39 Å². The van der Waals surface area contributed by atoms with Crippen LogP contribution in [0.15, 0.2) is 48.7 Å². The van der Waals surface area contributed by atoms with Crippen LogP contribution < -0.4 is 9.47 Å². The fourth-order valence-electron chi connectivity index (χ4n) is 6.17. The maximum absolute atomic E-state index is 14.8. The summed E-state index contributed by atoms with van der Waals surface area (Å²) in [5, 5.41) is 19.1. The van der Waals surface area contributed by atoms with Gasteiger partial charge in [-0.3, -0.25) is 14.7 Å². The fraction of sp³-hybridized carbons (Fsp3) is 0.424. The van der Waals surface area contributed by atoms with Crippen LogP contribution in [0.4, 0.5) is 4.39 Å². The molecule has 0 spiro atoms. The molecule has 42 heavy (non-hydrogen) atoms. The summed E-state index contributed by atoms with van der Waals surface area (Å²) in [5.74, 6) is -1.05. The van der Waals surface area contributed by atoms with Crippen molar-refractivity contribution in [1.29, 1.82) is 5.26 Å². The molecule has 2 fully saturated rings. The molecule has 1 N–H and O–H groups in total. The largest absolute Gasteiger partial charge is 0.481 e. The number of hydrogen-bond acceptors (Lipinski definition) is 6. The number of ether oxygens (including phenoxy) is 2. The summed E-state index contributed by atoms with van der Waals surface area (Å²) in [5.41, 5.74) is 3.97. The lowest BCUT2D eigenvalue weighted by Crippen LogP contribution is -2.34. The van der Waals surface area contributed by atoms with Crippen molar-refractivity contribution < 1.29 is 23.8 Å². The molecule has 3 aliphatic rings. The zero-order valence-electron chi connectivity index (χ0n) is 23.5. The number of piperidine rings is 1. The van der Waals surface area contributed by atoms with Crippen LogP contribution in [-0.2, 0) is 30.0 Å². The molecular formula is C33H33ClFN3O4. The van der Waals surface area contributed by atoms with Crippen molar-refractivity contribution in [3.63, 3.8) is 0 Å². The van der Waals surface area contributed by atoms with E-state index in [-0.39, 0.29) is 17.8 Å². The third-order valence-corrected chi connectivity index (χ3v) is 9.03. The molecule has 6 rings (SSSR count). The number of nitriles is 1. The topological polar surface area (TPSA) is 95.7 Å². The Labute approximate surface area is 249 Å². The predicted octanol–water partition coefficient (Wildman–Crippen LogP) is 6.76. The van der Waals surface area contributed by atoms with Crippen molar-refractivity contribution in [1.82, 2.24) is 9.88 Å². The zero-order valence-corrected chi connectivity index (χ0v) is 24.3. The number of carboxylic acid groups (broad SMARTS) is 1. The van der Waals surface area contributed by atoms with Gasteiger partial charge >= 0.3 is 5.97 Å². The highest BCUT2D eigenvalue weighted by molar-refractivity contribution is 6.30. The average molecular weight is 590 g/mol. The van der Waals surface area contributed by atoms with E-state index in [1.165, 1.54) is 6.07 Å². The van der Waals surface area contributed by atoms with Gasteiger partial charge in [-0.1, -0.05) is 29.8 Å². The van der Waals surface area contributed by atoms with E-state index in [9.17, 15) is 14.4 Å². The van der Waals surface area contributed by atoms with E-state index in [0.29, 0.717) is 41.5 Å². The summed E-state index contributed by atoms with van der Waals surface area (Å²) < 4.78 is 27.3. The Morgan fingerprint density at radius 2 is 2.00 bits per heavy atom. The number of rotatable bonds is 9. The first-order valence-electron chi connectivity index (χ1n) is 14.5. The van der Waals surface area contributed by atoms with Crippen LogP contribution in [0.5, 0.6) is 11.5 Å². The van der Waals surface area contributed by atoms with Crippen LogP contribution in [-0.4, -0.2) is 34.0 Å². The van der Waals surface area contributed by atoms with Crippen LogP contribution in [0, 0.1) is 22.6 Å². The van der Waals surface area contributed by atoms with E-state index >= 15 is 0 Å². The number of aryl methyl sites for hydroxylation is 1. The molecule has 1 saturated heterocycles. The van der Waals surface area contributed by atoms with Gasteiger partial charge in [-0.2, -0.15) is 5.26 Å². The summed E-state index contributed by atoms with van der Waals surface area (Å²) in [6.07, 6.45) is 6.55. The van der Waals surface area contributed by atoms with Crippen molar-refractivity contribution in [3.8, 4) is 17.6 Å². The van der Waals surface area contributed by atoms with Crippen molar-refractivity contribution in [2.45, 2.75) is 70.1 Å². The number of fused-ring (bicyclic) bond motifs is 1. The maximum Gasteiger partial charge on any atom is 0.303 e. The Hall–Kier alpha value is -3.67. The number of hydrogen-bond donors (Lipinski definition) is 1. The molecule has 3 aromatic rings. The second kappa shape index (κ2) is 11.2. The summed E-state index contributed by atoms with van der Waals surface area (Å²) in [6.45, 7) is 4.14. The van der Waals surface area contributed by atoms with Crippen LogP contribution in [0.1, 0.15) is 72.9 Å². The number of likely N-dealkylation sites (tertiary alicyclic amines) is 1. The molecule has 7 nitrogen and oxygen atoms in total. The van der Waals surface area contributed by atoms with Gasteiger partial charge in [-0.05, 0) is 92.9 Å². The summed E-state index contributed by atoms with van der Waals surface area (Å²) in [7, 11) is 0. The van der Waals surface area contributed by atoms with Crippen molar-refractivity contribution in [2.75, 3.05) is 13.1 Å². The first-order chi connectivity index (χ1) is 20.2. The number of nitrogens with zero attached hydrogens (tertiary/aromatic N) is 3. The first-order valence-corrected chi connectivity index (χ1v) is 14.8. The molecule has 1 saturated carbocycles. The van der Waals surface area contributed by atoms with E-state index in [0.717, 1.165) is 61.2 Å². The molecule has 218 valence electrons. The lowest BCUT2D eigenvalue weighted by atomic mass is 9.88. The molecule has 3 heterocycles. The van der Waals surface area contributed by atoms with Gasteiger partial charge in [-0.15, -0.1) is 0 Å². The van der Waals surface area contributed by atoms with Gasteiger partial charge in [0.15, 0.2) is 11.5 Å². The normalized spacial score (nSPS) is 21.2. The van der Waals surface area contributed by atoms with E-state index in [1.807, 2.05) is 12.1 Å². The third kappa shape index (κ3) is 5.81. The number of para-hydroxylation sites is 1. The van der Waals surface area contributed by atoms with E-state index in [1.54, 1.807) is 25.3 Å². The SMILES string of the molecule is C[C@@]1(c2ccc(Cl)cc2F)Oc2cccc(C3CCN(Cc4ncc(CCC(=O)O)cc4CC4(C#N)CC4)CC3)c2O1. The molecule has 0 unspecified atom stereocenters. The highest BCUT2D eigenvalue weighted by Gasteiger charge is 2.44. The van der Waals surface area contributed by atoms with Gasteiger partial charge in [0.25, 0.3) is 5.79 Å². The molecular weight excluding hydrogens is 557 g/mol. The number of aromatic nitrogens is 1. The van der Waals surface area contributed by atoms with Gasteiger partial charge < -0.3 is 14.6 Å². The van der Waals surface area contributed by atoms with Crippen molar-refractivity contribution in [3.05, 3.63) is 87.4 Å². The second-order valence-corrected chi connectivity index (χ2v) is 12.3. The lowest BCUT2D eigenvalue weighted by Gasteiger charge is -2.33. The Morgan fingerprint density at radius 1 is 1.21 bits per heavy atom. The van der Waals surface area contributed by atoms with E-state index in [4.69, 9.17) is 31.2 Å². The lowest BCUT2D eigenvalue weighted by molar-refractivity contribution is -0.136. The van der Waals surface area contributed by atoms with Crippen molar-refractivity contribution >= 4 is 17.6 Å². The summed E-state index contributed by atoms with van der Waals surface area (Å²) in [6, 6.07) is 14.9. The molecule has 1 aromatic heterocycles.